The van der Waals surface area contributed by atoms with Gasteiger partial charge in [0.15, 0.2) is 0 Å². The summed E-state index contributed by atoms with van der Waals surface area (Å²) in [4.78, 5) is 87.5. The van der Waals surface area contributed by atoms with E-state index in [9.17, 15) is 28.8 Å². The molecule has 0 bridgehead atoms. The summed E-state index contributed by atoms with van der Waals surface area (Å²) in [6.07, 6.45) is 5.50. The lowest BCUT2D eigenvalue weighted by Crippen LogP contribution is -2.62. The van der Waals surface area contributed by atoms with Gasteiger partial charge >= 0.3 is 6.03 Å². The zero-order chi connectivity index (χ0) is 34.4. The van der Waals surface area contributed by atoms with E-state index in [1.807, 2.05) is 55.4 Å². The van der Waals surface area contributed by atoms with Gasteiger partial charge in [0.1, 0.15) is 24.5 Å². The lowest BCUT2D eigenvalue weighted by Gasteiger charge is -2.38. The van der Waals surface area contributed by atoms with Crippen molar-refractivity contribution in [2.75, 3.05) is 13.1 Å². The normalized spacial score (nSPS) is 23.7. The Morgan fingerprint density at radius 2 is 1.57 bits per heavy atom. The van der Waals surface area contributed by atoms with Crippen LogP contribution >= 0.6 is 0 Å². The number of hydrogen-bond acceptors (Lipinski definition) is 8. The van der Waals surface area contributed by atoms with Gasteiger partial charge in [-0.25, -0.2) is 14.8 Å². The Hall–Kier alpha value is -4.10. The fourth-order valence-electron chi connectivity index (χ4n) is 6.46. The zero-order valence-corrected chi connectivity index (χ0v) is 28.0. The minimum absolute atomic E-state index is 0.0664. The summed E-state index contributed by atoms with van der Waals surface area (Å²) in [5.74, 6) is -3.48. The van der Waals surface area contributed by atoms with Crippen LogP contribution in [0.3, 0.4) is 0 Å². The van der Waals surface area contributed by atoms with Crippen molar-refractivity contribution in [1.82, 2.24) is 36.1 Å². The molecule has 1 aromatic rings. The third kappa shape index (κ3) is 7.47. The molecule has 14 nitrogen and oxygen atoms in total. The van der Waals surface area contributed by atoms with E-state index >= 15 is 0 Å². The molecule has 6 N–H and O–H groups in total. The first-order chi connectivity index (χ1) is 21.2. The summed E-state index contributed by atoms with van der Waals surface area (Å²) in [7, 11) is 0. The number of hydrogen-bond donors (Lipinski definition) is 5. The molecular formula is C32H48N8O6. The van der Waals surface area contributed by atoms with Crippen LogP contribution < -0.4 is 27.0 Å². The van der Waals surface area contributed by atoms with E-state index in [1.54, 1.807) is 0 Å². The van der Waals surface area contributed by atoms with Gasteiger partial charge in [-0.3, -0.25) is 24.0 Å². The van der Waals surface area contributed by atoms with E-state index < -0.39 is 64.5 Å². The number of Topliss-reactive ketones (excluding diaryl/α,β-unsaturated/α-hetero) is 1. The first-order valence-electron chi connectivity index (χ1n) is 15.8. The highest BCUT2D eigenvalue weighted by molar-refractivity contribution is 6.38. The summed E-state index contributed by atoms with van der Waals surface area (Å²) in [5, 5.41) is 11.3. The lowest BCUT2D eigenvalue weighted by molar-refractivity contribution is -0.145. The van der Waals surface area contributed by atoms with Crippen molar-refractivity contribution >= 4 is 35.4 Å². The molecule has 14 heteroatoms. The number of likely N-dealkylation sites (tertiary alicyclic amines) is 1. The zero-order valence-electron chi connectivity index (χ0n) is 28.0. The lowest BCUT2D eigenvalue weighted by atomic mass is 9.85. The summed E-state index contributed by atoms with van der Waals surface area (Å²) in [5.41, 5.74) is 4.14. The molecule has 252 valence electrons. The summed E-state index contributed by atoms with van der Waals surface area (Å²) >= 11 is 0. The first-order valence-corrected chi connectivity index (χ1v) is 15.8. The Balaban J connectivity index is 1.49. The third-order valence-corrected chi connectivity index (χ3v) is 9.71. The molecule has 3 aliphatic rings. The molecular weight excluding hydrogens is 592 g/mol. The van der Waals surface area contributed by atoms with Gasteiger partial charge in [-0.1, -0.05) is 55.4 Å². The number of carbonyl (C=O) groups excluding carboxylic acids is 6. The highest BCUT2D eigenvalue weighted by Gasteiger charge is 2.70. The molecule has 0 spiro atoms. The molecule has 2 saturated carbocycles. The summed E-state index contributed by atoms with van der Waals surface area (Å²) < 4.78 is 0. The molecule has 1 aliphatic heterocycles. The van der Waals surface area contributed by atoms with E-state index in [2.05, 4.69) is 31.2 Å². The molecule has 2 aliphatic carbocycles. The number of nitrogens with two attached hydrogens (primary N) is 1. The van der Waals surface area contributed by atoms with Crippen molar-refractivity contribution in [2.45, 2.75) is 92.4 Å². The Labute approximate surface area is 269 Å². The van der Waals surface area contributed by atoms with E-state index in [0.717, 1.165) is 0 Å². The van der Waals surface area contributed by atoms with Crippen molar-refractivity contribution in [3.8, 4) is 0 Å². The Bertz CT molecular complexity index is 1380. The van der Waals surface area contributed by atoms with E-state index in [4.69, 9.17) is 5.73 Å². The van der Waals surface area contributed by atoms with Gasteiger partial charge in [-0.2, -0.15) is 0 Å². The van der Waals surface area contributed by atoms with Gasteiger partial charge in [-0.15, -0.1) is 0 Å². The first kappa shape index (κ1) is 34.8. The van der Waals surface area contributed by atoms with Crippen LogP contribution in [0.5, 0.6) is 0 Å². The highest BCUT2D eigenvalue weighted by Crippen LogP contribution is 2.65. The molecule has 1 unspecified atom stereocenters. The number of piperidine rings is 1. The van der Waals surface area contributed by atoms with Crippen LogP contribution in [0.15, 0.2) is 18.7 Å². The van der Waals surface area contributed by atoms with Crippen LogP contribution in [0, 0.1) is 34.0 Å². The second-order valence-corrected chi connectivity index (χ2v) is 15.6. The van der Waals surface area contributed by atoms with Crippen LogP contribution in [0.25, 0.3) is 0 Å². The topological polar surface area (TPSA) is 206 Å². The molecule has 0 aromatic carbocycles. The van der Waals surface area contributed by atoms with Crippen LogP contribution in [-0.2, 0) is 19.2 Å². The van der Waals surface area contributed by atoms with Gasteiger partial charge in [0.2, 0.25) is 17.6 Å². The Kier molecular flexibility index (Phi) is 9.52. The standard InChI is InChI=1S/C32H48N8O6/c1-30(2,3)19(13-36-26(43)17-11-34-15-35-12-17)37-29(46)39-24(31(4,5)6)28(45)40-14-18-20(32(18,7)8)22(40)27(44)38-21(16-9-10-16)23(41)25(33)42/h11-12,15-16,18-22,24H,9-10,13-14H2,1-8H3,(H2,33,42)(H,36,43)(H,38,44)(H2,37,39,46)/t18-,19+,20-,21?,22-,24+/m0/s1. The maximum Gasteiger partial charge on any atom is 0.315 e. The quantitative estimate of drug-likeness (QED) is 0.218. The van der Waals surface area contributed by atoms with Gasteiger partial charge in [0.25, 0.3) is 11.8 Å². The molecule has 0 radical (unpaired) electrons. The van der Waals surface area contributed by atoms with Crippen LogP contribution in [0.4, 0.5) is 4.79 Å². The van der Waals surface area contributed by atoms with E-state index in [-0.39, 0.29) is 41.2 Å². The SMILES string of the molecule is CC(C)(C)[C@H](NC(=O)N[C@H](CNC(=O)c1cncnc1)C(C)(C)C)C(=O)N1C[C@H]2[C@@H]([C@H]1C(=O)NC(C(=O)C(N)=O)C1CC1)C2(C)C. The number of amides is 6. The van der Waals surface area contributed by atoms with Crippen molar-refractivity contribution in [2.24, 2.45) is 39.7 Å². The molecule has 1 saturated heterocycles. The Morgan fingerprint density at radius 1 is 0.957 bits per heavy atom. The summed E-state index contributed by atoms with van der Waals surface area (Å²) in [6, 6.07) is -4.01. The number of urea groups is 1. The number of nitrogens with zero attached hydrogens (tertiary/aromatic N) is 3. The van der Waals surface area contributed by atoms with Crippen molar-refractivity contribution in [3.05, 3.63) is 24.3 Å². The molecule has 46 heavy (non-hydrogen) atoms. The second-order valence-electron chi connectivity index (χ2n) is 15.6. The number of ketones is 1. The largest absolute Gasteiger partial charge is 0.363 e. The molecule has 4 rings (SSSR count). The van der Waals surface area contributed by atoms with Crippen molar-refractivity contribution in [1.29, 1.82) is 0 Å². The maximum atomic E-state index is 14.2. The van der Waals surface area contributed by atoms with E-state index in [0.29, 0.717) is 19.4 Å². The van der Waals surface area contributed by atoms with Crippen molar-refractivity contribution in [3.63, 3.8) is 0 Å². The molecule has 6 amide bonds. The number of fused-ring (bicyclic) bond motifs is 1. The monoisotopic (exact) mass is 640 g/mol. The fourth-order valence-corrected chi connectivity index (χ4v) is 6.46. The number of aromatic nitrogens is 2. The summed E-state index contributed by atoms with van der Waals surface area (Å²) in [6.45, 7) is 15.7. The maximum absolute atomic E-state index is 14.2. The minimum Gasteiger partial charge on any atom is -0.363 e. The highest BCUT2D eigenvalue weighted by atomic mass is 16.2. The fraction of sp³-hybridized carbons (Fsp3) is 0.688. The predicted molar refractivity (Wildman–Crippen MR) is 168 cm³/mol. The van der Waals surface area contributed by atoms with Crippen LogP contribution in [0.2, 0.25) is 0 Å². The second kappa shape index (κ2) is 12.6. The third-order valence-electron chi connectivity index (χ3n) is 9.71. The predicted octanol–water partition coefficient (Wildman–Crippen LogP) is 0.767. The molecule has 6 atom stereocenters. The average molecular weight is 641 g/mol. The van der Waals surface area contributed by atoms with Crippen molar-refractivity contribution < 1.29 is 28.8 Å². The average Bonchev–Trinajstić information content (AvgIpc) is 3.84. The number of primary amides is 1. The number of carbonyl (C=O) groups is 6. The van der Waals surface area contributed by atoms with Crippen LogP contribution in [0.1, 0.15) is 78.6 Å². The molecule has 3 fully saturated rings. The Morgan fingerprint density at radius 3 is 2.09 bits per heavy atom. The van der Waals surface area contributed by atoms with Crippen LogP contribution in [-0.4, -0.2) is 87.6 Å². The minimum atomic E-state index is -1.11. The van der Waals surface area contributed by atoms with E-state index in [1.165, 1.54) is 23.6 Å². The smallest absolute Gasteiger partial charge is 0.315 e. The number of nitrogens with one attached hydrogen (secondary N) is 4. The van der Waals surface area contributed by atoms with Gasteiger partial charge in [0.05, 0.1) is 11.6 Å². The molecule has 2 heterocycles. The number of rotatable bonds is 11. The molecule has 1 aromatic heterocycles. The van der Waals surface area contributed by atoms with Gasteiger partial charge in [0, 0.05) is 25.5 Å². The van der Waals surface area contributed by atoms with Gasteiger partial charge < -0.3 is 31.9 Å². The van der Waals surface area contributed by atoms with Gasteiger partial charge in [-0.05, 0) is 46.8 Å².